The fourth-order valence-electron chi connectivity index (χ4n) is 13.6. The third kappa shape index (κ3) is 25.9. The average Bonchev–Trinajstić information content (AvgIpc) is 1.60. The number of hydrogen-bond donors (Lipinski definition) is 9. The lowest BCUT2D eigenvalue weighted by atomic mass is 10.0. The fraction of sp³-hybridized carbons (Fsp3) is 0.550. The number of fused-ring (bicyclic) bond motifs is 4. The Bertz CT molecular complexity index is 4120. The number of ether oxygens (including phenoxy) is 15. The Morgan fingerprint density at radius 2 is 0.891 bits per heavy atom. The first-order valence-corrected chi connectivity index (χ1v) is 38.4. The summed E-state index contributed by atoms with van der Waals surface area (Å²) < 4.78 is 85.6. The zero-order chi connectivity index (χ0) is 86.2. The van der Waals surface area contributed by atoms with Crippen molar-refractivity contribution in [3.63, 3.8) is 0 Å². The maximum Gasteiger partial charge on any atom is 0.416 e. The lowest BCUT2D eigenvalue weighted by Gasteiger charge is -2.35. The topological polar surface area (TPSA) is 519 Å². The molecule has 4 amide bonds. The standard InChI is InChI=1S/C78H103N5O30.2CO2/c1-45-31-56-73(94)82(77(96)109-41-49-14-16-63(113-76-70(91)68(89)61(87)44-108-76)53(35-49)59(85)12-10-18-100-21-22-101-23-24-102-25-26-103-27-28-104-29-30-111-79)54-37-64(47(3)33-50(54)71(92)80(56)39-45)105-19-7-6-8-20-106-66-38-55-51(36-65(66)99-5)72(93)81-40-46(2)32-57(81)74(95)83(55)78(97)110-42-48-13-15-62(52(34-48)58(84)11-9-17-98-4)112-75-69(90)67(88)60(86)43-107-75;2*2-1-3/h13-16,33-38,56-57,60-61,67-70,73-76,86-91,94-95H,1-2,6-12,17-32,39-44,79H2,3-5H3;;/t56-,57-,60+,61+,67-,68-,69+,70+,73?,74?,75-,76-;;/m0../s1. The van der Waals surface area contributed by atoms with Gasteiger partial charge in [-0.2, -0.15) is 19.2 Å². The lowest BCUT2D eigenvalue weighted by molar-refractivity contribution is -0.242. The number of carbonyl (C=O) groups excluding carboxylic acids is 10. The van der Waals surface area contributed by atoms with Crippen molar-refractivity contribution in [2.45, 2.75) is 152 Å². The van der Waals surface area contributed by atoms with E-state index >= 15 is 0 Å². The summed E-state index contributed by atoms with van der Waals surface area (Å²) in [7, 11) is 2.87. The first-order chi connectivity index (χ1) is 57.3. The molecule has 10 rings (SSSR count). The number of unbranched alkanes of at least 4 members (excludes halogenated alkanes) is 2. The van der Waals surface area contributed by atoms with Crippen LogP contribution in [0.2, 0.25) is 0 Å². The van der Waals surface area contributed by atoms with Gasteiger partial charge >= 0.3 is 24.5 Å². The Morgan fingerprint density at radius 1 is 0.487 bits per heavy atom. The minimum absolute atomic E-state index is 0.00245. The number of anilines is 2. The van der Waals surface area contributed by atoms with Crippen LogP contribution >= 0.6 is 0 Å². The molecular weight excluding hydrogens is 1570 g/mol. The molecule has 0 saturated carbocycles. The minimum Gasteiger partial charge on any atom is -0.493 e. The summed E-state index contributed by atoms with van der Waals surface area (Å²) in [4.78, 5) is 128. The summed E-state index contributed by atoms with van der Waals surface area (Å²) in [6.07, 6.45) is -14.8. The Balaban J connectivity index is 0.00000285. The molecule has 652 valence electrons. The number of hydrogen-bond acceptors (Lipinski definition) is 35. The number of aryl methyl sites for hydroxylation is 1. The molecule has 0 spiro atoms. The number of carbonyl (C=O) groups is 6. The second-order valence-corrected chi connectivity index (χ2v) is 28.0. The Labute approximate surface area is 684 Å². The van der Waals surface area contributed by atoms with Gasteiger partial charge in [-0.1, -0.05) is 36.4 Å². The second kappa shape index (κ2) is 47.9. The number of aliphatic hydroxyl groups excluding tert-OH is 8. The highest BCUT2D eigenvalue weighted by Crippen LogP contribution is 2.44. The smallest absolute Gasteiger partial charge is 0.416 e. The lowest BCUT2D eigenvalue weighted by Crippen LogP contribution is -2.54. The molecule has 0 aliphatic carbocycles. The van der Waals surface area contributed by atoms with Gasteiger partial charge in [0.25, 0.3) is 11.8 Å². The normalized spacial score (nSPS) is 22.4. The number of amides is 4. The molecule has 12 atom stereocenters. The first-order valence-electron chi connectivity index (χ1n) is 38.4. The number of benzene rings is 4. The van der Waals surface area contributed by atoms with Crippen LogP contribution in [0.15, 0.2) is 85.0 Å². The van der Waals surface area contributed by atoms with E-state index in [1.54, 1.807) is 13.0 Å². The van der Waals surface area contributed by atoms with Gasteiger partial charge in [0.15, 0.2) is 35.5 Å². The van der Waals surface area contributed by atoms with E-state index in [0.29, 0.717) is 106 Å². The largest absolute Gasteiger partial charge is 0.493 e. The molecule has 4 aromatic rings. The van der Waals surface area contributed by atoms with E-state index in [1.807, 2.05) is 0 Å². The molecule has 6 aliphatic rings. The molecule has 0 bridgehead atoms. The van der Waals surface area contributed by atoms with E-state index in [9.17, 15) is 69.6 Å². The number of methoxy groups -OCH3 is 2. The van der Waals surface area contributed by atoms with E-state index in [4.69, 9.17) is 96.1 Å². The monoisotopic (exact) mass is 1680 g/mol. The Hall–Kier alpha value is -9.78. The maximum absolute atomic E-state index is 14.6. The third-order valence-electron chi connectivity index (χ3n) is 19.7. The molecule has 0 radical (unpaired) electrons. The van der Waals surface area contributed by atoms with Crippen LogP contribution in [-0.2, 0) is 84.6 Å². The molecule has 2 unspecified atom stereocenters. The van der Waals surface area contributed by atoms with Crippen molar-refractivity contribution in [2.24, 2.45) is 5.90 Å². The molecule has 4 fully saturated rings. The molecule has 4 saturated heterocycles. The van der Waals surface area contributed by atoms with Crippen LogP contribution in [0.1, 0.15) is 116 Å². The predicted molar refractivity (Wildman–Crippen MR) is 406 cm³/mol. The van der Waals surface area contributed by atoms with E-state index < -0.39 is 123 Å². The van der Waals surface area contributed by atoms with Crippen LogP contribution in [-0.4, -0.2) is 305 Å². The van der Waals surface area contributed by atoms with Gasteiger partial charge in [0.1, 0.15) is 67.1 Å². The van der Waals surface area contributed by atoms with Gasteiger partial charge in [0, 0.05) is 58.4 Å². The van der Waals surface area contributed by atoms with Gasteiger partial charge in [-0.3, -0.25) is 19.2 Å². The van der Waals surface area contributed by atoms with Crippen LogP contribution in [0.5, 0.6) is 28.7 Å². The van der Waals surface area contributed by atoms with Crippen LogP contribution < -0.4 is 39.4 Å². The van der Waals surface area contributed by atoms with Crippen molar-refractivity contribution in [3.8, 4) is 28.7 Å². The van der Waals surface area contributed by atoms with Crippen molar-refractivity contribution in [1.29, 1.82) is 0 Å². The zero-order valence-electron chi connectivity index (χ0n) is 66.2. The molecule has 6 heterocycles. The zero-order valence-corrected chi connectivity index (χ0v) is 66.2. The van der Waals surface area contributed by atoms with Gasteiger partial charge < -0.3 is 127 Å². The van der Waals surface area contributed by atoms with E-state index in [2.05, 4.69) is 18.0 Å². The number of aliphatic hydroxyl groups is 8. The van der Waals surface area contributed by atoms with Crippen molar-refractivity contribution < 1.29 is 165 Å². The van der Waals surface area contributed by atoms with Gasteiger partial charge in [-0.25, -0.2) is 25.3 Å². The molecule has 10 N–H and O–H groups in total. The molecule has 4 aromatic carbocycles. The third-order valence-corrected chi connectivity index (χ3v) is 19.7. The number of nitrogens with zero attached hydrogens (tertiary/aromatic N) is 4. The second-order valence-electron chi connectivity index (χ2n) is 28.0. The number of Topliss-reactive ketones (excluding diaryl/α,β-unsaturated/α-hetero) is 2. The van der Waals surface area contributed by atoms with Crippen LogP contribution in [0, 0.1) is 6.92 Å². The summed E-state index contributed by atoms with van der Waals surface area (Å²) in [5, 5.41) is 86.5. The van der Waals surface area contributed by atoms with Gasteiger partial charge in [0.2, 0.25) is 12.6 Å². The summed E-state index contributed by atoms with van der Waals surface area (Å²) in [5.74, 6) is 3.65. The summed E-state index contributed by atoms with van der Waals surface area (Å²) in [5.41, 5.74) is 2.51. The van der Waals surface area contributed by atoms with Crippen molar-refractivity contribution in [1.82, 2.24) is 9.80 Å². The van der Waals surface area contributed by atoms with Crippen molar-refractivity contribution in [2.75, 3.05) is 143 Å². The van der Waals surface area contributed by atoms with Crippen LogP contribution in [0.25, 0.3) is 0 Å². The van der Waals surface area contributed by atoms with E-state index in [1.165, 1.54) is 78.6 Å². The highest BCUT2D eigenvalue weighted by atomic mass is 16.7. The minimum atomic E-state index is -1.69. The maximum atomic E-state index is 14.6. The Morgan fingerprint density at radius 3 is 1.32 bits per heavy atom. The Kier molecular flexibility index (Phi) is 38.1. The predicted octanol–water partition coefficient (Wildman–Crippen LogP) is 2.14. The number of ketones is 2. The van der Waals surface area contributed by atoms with E-state index in [0.717, 1.165) is 9.80 Å². The quantitative estimate of drug-likeness (QED) is 0.0133. The highest BCUT2D eigenvalue weighted by molar-refractivity contribution is 6.07. The molecule has 39 nitrogen and oxygen atoms in total. The molecular formula is C80H103N5O34. The van der Waals surface area contributed by atoms with Crippen molar-refractivity contribution in [3.05, 3.63) is 124 Å². The fourth-order valence-corrected chi connectivity index (χ4v) is 13.6. The van der Waals surface area contributed by atoms with Crippen LogP contribution in [0.3, 0.4) is 0 Å². The highest BCUT2D eigenvalue weighted by Gasteiger charge is 2.49. The number of rotatable bonds is 42. The molecule has 119 heavy (non-hydrogen) atoms. The SMILES string of the molecule is C=C1C[C@H]2C(O)N(C(=O)OCc3ccc(O[C@@H]4OC[C@@H](O)[C@H](O)[C@H]4O)c(C(=O)CCCOCCOCCOCCOCCOCCON)c3)c3cc(OCCCCCOc4cc5c(cc4OC)C(=O)N4CC(=C)C[C@H]4C(O)N5C(=O)OCc4ccc(O[C@@H]5OC[C@@H](O)[C@H](O)[C@H]5O)c(C(=O)CCCOC)c4)c(C)cc3C(=O)N2C1.O=C=O.O=C=O. The molecule has 6 aliphatic heterocycles. The summed E-state index contributed by atoms with van der Waals surface area (Å²) in [6, 6.07) is 12.8. The van der Waals surface area contributed by atoms with E-state index in [-0.39, 0.29) is 173 Å². The molecule has 0 aromatic heterocycles. The summed E-state index contributed by atoms with van der Waals surface area (Å²) >= 11 is 0. The summed E-state index contributed by atoms with van der Waals surface area (Å²) in [6.45, 7) is 12.5. The first kappa shape index (κ1) is 94.7. The number of nitrogens with two attached hydrogens (primary N) is 1. The van der Waals surface area contributed by atoms with Crippen LogP contribution in [0.4, 0.5) is 21.0 Å². The van der Waals surface area contributed by atoms with Crippen molar-refractivity contribution >= 4 is 59.2 Å². The average molecular weight is 1680 g/mol. The molecule has 39 heteroatoms. The van der Waals surface area contributed by atoms with Gasteiger partial charge in [-0.15, -0.1) is 0 Å². The van der Waals surface area contributed by atoms with Gasteiger partial charge in [-0.05, 0) is 105 Å². The van der Waals surface area contributed by atoms with Gasteiger partial charge in [0.05, 0.1) is 145 Å².